The molecule has 0 amide bonds. The molecule has 2 aromatic rings. The Kier molecular flexibility index (Phi) is 2.72. The van der Waals surface area contributed by atoms with Crippen LogP contribution in [0.2, 0.25) is 5.02 Å². The van der Waals surface area contributed by atoms with Crippen LogP contribution in [-0.4, -0.2) is 6.54 Å². The Morgan fingerprint density at radius 3 is 2.73 bits per heavy atom. The van der Waals surface area contributed by atoms with E-state index in [1.54, 1.807) is 0 Å². The summed E-state index contributed by atoms with van der Waals surface area (Å²) in [5.74, 6) is 0.945. The second-order valence-corrected chi connectivity index (χ2v) is 4.21. The van der Waals surface area contributed by atoms with E-state index >= 15 is 0 Å². The van der Waals surface area contributed by atoms with Gasteiger partial charge in [-0.15, -0.1) is 0 Å². The normalized spacial score (nSPS) is 11.2. The Labute approximate surface area is 94.0 Å². The highest BCUT2D eigenvalue weighted by atomic mass is 35.5. The van der Waals surface area contributed by atoms with Crippen LogP contribution >= 0.6 is 11.6 Å². The fourth-order valence-electron chi connectivity index (χ4n) is 1.95. The average molecular weight is 224 g/mol. The van der Waals surface area contributed by atoms with E-state index in [2.05, 4.69) is 0 Å². The third kappa shape index (κ3) is 1.75. The summed E-state index contributed by atoms with van der Waals surface area (Å²) in [6.07, 6.45) is 0.832. The van der Waals surface area contributed by atoms with Gasteiger partial charge in [0.2, 0.25) is 0 Å². The van der Waals surface area contributed by atoms with Crippen molar-refractivity contribution < 1.29 is 4.42 Å². The lowest BCUT2D eigenvalue weighted by Crippen LogP contribution is -2.02. The number of rotatable bonds is 2. The quantitative estimate of drug-likeness (QED) is 0.849. The first-order valence-electron chi connectivity index (χ1n) is 5.01. The third-order valence-corrected chi connectivity index (χ3v) is 2.86. The molecule has 1 heterocycles. The molecule has 0 saturated carbocycles. The Bertz CT molecular complexity index is 502. The fourth-order valence-corrected chi connectivity index (χ4v) is 2.22. The minimum Gasteiger partial charge on any atom is -0.461 e. The monoisotopic (exact) mass is 223 g/mol. The summed E-state index contributed by atoms with van der Waals surface area (Å²) >= 11 is 6.03. The number of furan rings is 1. The molecule has 1 aromatic carbocycles. The molecule has 1 aromatic heterocycles. The molecule has 2 rings (SSSR count). The lowest BCUT2D eigenvalue weighted by Gasteiger charge is -1.98. The van der Waals surface area contributed by atoms with E-state index in [0.29, 0.717) is 6.54 Å². The van der Waals surface area contributed by atoms with Gasteiger partial charge < -0.3 is 10.2 Å². The zero-order valence-corrected chi connectivity index (χ0v) is 9.69. The lowest BCUT2D eigenvalue weighted by atomic mass is 10.1. The van der Waals surface area contributed by atoms with Crippen LogP contribution in [0.4, 0.5) is 0 Å². The number of aryl methyl sites for hydroxylation is 2. The molecule has 15 heavy (non-hydrogen) atoms. The van der Waals surface area contributed by atoms with E-state index in [9.17, 15) is 0 Å². The smallest absolute Gasteiger partial charge is 0.137 e. The molecule has 0 saturated heterocycles. The van der Waals surface area contributed by atoms with Gasteiger partial charge in [0.15, 0.2) is 0 Å². The van der Waals surface area contributed by atoms with Crippen LogP contribution in [0.25, 0.3) is 11.0 Å². The molecule has 0 fully saturated rings. The van der Waals surface area contributed by atoms with Gasteiger partial charge in [0.1, 0.15) is 11.3 Å². The second kappa shape index (κ2) is 3.87. The molecule has 0 bridgehead atoms. The molecule has 0 radical (unpaired) electrons. The van der Waals surface area contributed by atoms with Crippen LogP contribution in [0.3, 0.4) is 0 Å². The highest BCUT2D eigenvalue weighted by Gasteiger charge is 2.12. The Morgan fingerprint density at radius 2 is 2.07 bits per heavy atom. The predicted octanol–water partition coefficient (Wildman–Crippen LogP) is 3.20. The zero-order chi connectivity index (χ0) is 11.0. The number of hydrogen-bond acceptors (Lipinski definition) is 2. The van der Waals surface area contributed by atoms with Gasteiger partial charge in [0.05, 0.1) is 0 Å². The largest absolute Gasteiger partial charge is 0.461 e. The molecule has 0 aliphatic rings. The van der Waals surface area contributed by atoms with Crippen molar-refractivity contribution in [3.63, 3.8) is 0 Å². The van der Waals surface area contributed by atoms with Gasteiger partial charge in [0, 0.05) is 16.0 Å². The van der Waals surface area contributed by atoms with E-state index in [1.807, 2.05) is 26.0 Å². The highest BCUT2D eigenvalue weighted by molar-refractivity contribution is 6.31. The SMILES string of the molecule is Cc1oc2c(C)cc(Cl)cc2c1CCN. The van der Waals surface area contributed by atoms with Crippen molar-refractivity contribution in [1.29, 1.82) is 0 Å². The van der Waals surface area contributed by atoms with Crippen molar-refractivity contribution in [3.05, 3.63) is 34.0 Å². The third-order valence-electron chi connectivity index (χ3n) is 2.64. The van der Waals surface area contributed by atoms with Gasteiger partial charge in [-0.3, -0.25) is 0 Å². The van der Waals surface area contributed by atoms with Crippen molar-refractivity contribution in [1.82, 2.24) is 0 Å². The van der Waals surface area contributed by atoms with E-state index < -0.39 is 0 Å². The van der Waals surface area contributed by atoms with Crippen LogP contribution in [-0.2, 0) is 6.42 Å². The summed E-state index contributed by atoms with van der Waals surface area (Å²) in [6.45, 7) is 4.60. The highest BCUT2D eigenvalue weighted by Crippen LogP contribution is 2.30. The minimum absolute atomic E-state index is 0.626. The van der Waals surface area contributed by atoms with Crippen LogP contribution in [0.5, 0.6) is 0 Å². The molecule has 0 unspecified atom stereocenters. The Hall–Kier alpha value is -0.990. The van der Waals surface area contributed by atoms with Gasteiger partial charge in [-0.1, -0.05) is 11.6 Å². The summed E-state index contributed by atoms with van der Waals surface area (Å²) < 4.78 is 5.72. The number of benzene rings is 1. The molecule has 2 N–H and O–H groups in total. The summed E-state index contributed by atoms with van der Waals surface area (Å²) in [6, 6.07) is 3.87. The lowest BCUT2D eigenvalue weighted by molar-refractivity contribution is 0.570. The van der Waals surface area contributed by atoms with Crippen molar-refractivity contribution in [2.45, 2.75) is 20.3 Å². The summed E-state index contributed by atoms with van der Waals surface area (Å²) in [7, 11) is 0. The first-order valence-corrected chi connectivity index (χ1v) is 5.39. The van der Waals surface area contributed by atoms with Crippen molar-refractivity contribution in [3.8, 4) is 0 Å². The van der Waals surface area contributed by atoms with E-state index in [1.165, 1.54) is 5.56 Å². The van der Waals surface area contributed by atoms with E-state index in [0.717, 1.165) is 33.7 Å². The predicted molar refractivity (Wildman–Crippen MR) is 63.5 cm³/mol. The van der Waals surface area contributed by atoms with Crippen LogP contribution in [0.15, 0.2) is 16.5 Å². The number of fused-ring (bicyclic) bond motifs is 1. The number of nitrogens with two attached hydrogens (primary N) is 1. The minimum atomic E-state index is 0.626. The molecule has 80 valence electrons. The van der Waals surface area contributed by atoms with Gasteiger partial charge in [-0.25, -0.2) is 0 Å². The molecular weight excluding hydrogens is 210 g/mol. The van der Waals surface area contributed by atoms with Crippen molar-refractivity contribution in [2.24, 2.45) is 5.73 Å². The van der Waals surface area contributed by atoms with Crippen LogP contribution in [0.1, 0.15) is 16.9 Å². The zero-order valence-electron chi connectivity index (χ0n) is 8.93. The average Bonchev–Trinajstić information content (AvgIpc) is 2.46. The summed E-state index contributed by atoms with van der Waals surface area (Å²) in [4.78, 5) is 0. The van der Waals surface area contributed by atoms with Gasteiger partial charge in [0.25, 0.3) is 0 Å². The van der Waals surface area contributed by atoms with E-state index in [4.69, 9.17) is 21.8 Å². The maximum atomic E-state index is 6.03. The molecule has 3 heteroatoms. The maximum Gasteiger partial charge on any atom is 0.137 e. The molecular formula is C12H14ClNO. The van der Waals surface area contributed by atoms with Gasteiger partial charge in [-0.2, -0.15) is 0 Å². The Balaban J connectivity index is 2.74. The van der Waals surface area contributed by atoms with Crippen molar-refractivity contribution >= 4 is 22.6 Å². The first kappa shape index (κ1) is 10.5. The molecule has 0 aliphatic carbocycles. The molecule has 0 atom stereocenters. The standard InChI is InChI=1S/C12H14ClNO/c1-7-5-9(13)6-11-10(3-4-14)8(2)15-12(7)11/h5-6H,3-4,14H2,1-2H3. The number of hydrogen-bond donors (Lipinski definition) is 1. The topological polar surface area (TPSA) is 39.2 Å². The first-order chi connectivity index (χ1) is 7.13. The fraction of sp³-hybridized carbons (Fsp3) is 0.333. The second-order valence-electron chi connectivity index (χ2n) is 3.77. The van der Waals surface area contributed by atoms with E-state index in [-0.39, 0.29) is 0 Å². The molecule has 0 spiro atoms. The number of halogens is 1. The summed E-state index contributed by atoms with van der Waals surface area (Å²) in [5.41, 5.74) is 8.76. The van der Waals surface area contributed by atoms with Crippen molar-refractivity contribution in [2.75, 3.05) is 6.54 Å². The van der Waals surface area contributed by atoms with Gasteiger partial charge in [-0.05, 0) is 44.5 Å². The van der Waals surface area contributed by atoms with Crippen LogP contribution in [0, 0.1) is 13.8 Å². The molecule has 2 nitrogen and oxygen atoms in total. The van der Waals surface area contributed by atoms with Gasteiger partial charge >= 0.3 is 0 Å². The molecule has 0 aliphatic heterocycles. The summed E-state index contributed by atoms with van der Waals surface area (Å²) in [5, 5.41) is 1.85. The van der Waals surface area contributed by atoms with Crippen LogP contribution < -0.4 is 5.73 Å². The Morgan fingerprint density at radius 1 is 1.33 bits per heavy atom. The maximum absolute atomic E-state index is 6.03.